The number of hydrogen-bond donors (Lipinski definition) is 2. The minimum Gasteiger partial charge on any atom is -0.386 e. The second-order valence-corrected chi connectivity index (χ2v) is 5.50. The van der Waals surface area contributed by atoms with Gasteiger partial charge in [-0.1, -0.05) is 12.1 Å². The fourth-order valence-electron chi connectivity index (χ4n) is 1.78. The van der Waals surface area contributed by atoms with Crippen LogP contribution in [0.25, 0.3) is 0 Å². The van der Waals surface area contributed by atoms with Crippen LogP contribution in [0, 0.1) is 3.57 Å². The van der Waals surface area contributed by atoms with E-state index >= 15 is 0 Å². The Balaban J connectivity index is 1.77. The molecule has 88 valence electrons. The molecule has 0 aromatic heterocycles. The molecular weight excluding hydrogens is 317 g/mol. The molecule has 0 amide bonds. The highest BCUT2D eigenvalue weighted by Crippen LogP contribution is 2.17. The van der Waals surface area contributed by atoms with E-state index in [2.05, 4.69) is 52.2 Å². The molecule has 3 nitrogen and oxygen atoms in total. The summed E-state index contributed by atoms with van der Waals surface area (Å²) >= 11 is 2.29. The zero-order chi connectivity index (χ0) is 11.4. The summed E-state index contributed by atoms with van der Waals surface area (Å²) in [6, 6.07) is 8.38. The molecule has 1 aromatic rings. The van der Waals surface area contributed by atoms with Crippen LogP contribution in [0.15, 0.2) is 24.3 Å². The largest absolute Gasteiger partial charge is 0.386 e. The fourth-order valence-corrected chi connectivity index (χ4v) is 2.14. The Kier molecular flexibility index (Phi) is 4.18. The first-order chi connectivity index (χ1) is 7.68. The summed E-state index contributed by atoms with van der Waals surface area (Å²) in [4.78, 5) is 0. The lowest BCUT2D eigenvalue weighted by Crippen LogP contribution is -2.40. The molecule has 1 aliphatic rings. The van der Waals surface area contributed by atoms with Crippen molar-refractivity contribution < 1.29 is 9.84 Å². The van der Waals surface area contributed by atoms with Crippen LogP contribution in [0.3, 0.4) is 0 Å². The predicted molar refractivity (Wildman–Crippen MR) is 71.3 cm³/mol. The van der Waals surface area contributed by atoms with Crippen LogP contribution in [0.4, 0.5) is 0 Å². The smallest absolute Gasteiger partial charge is 0.102 e. The minimum absolute atomic E-state index is 0.451. The maximum Gasteiger partial charge on any atom is 0.102 e. The Bertz CT molecular complexity index is 333. The molecule has 1 fully saturated rings. The van der Waals surface area contributed by atoms with Crippen molar-refractivity contribution in [3.63, 3.8) is 0 Å². The van der Waals surface area contributed by atoms with E-state index in [0.717, 1.165) is 13.0 Å². The quantitative estimate of drug-likeness (QED) is 0.822. The van der Waals surface area contributed by atoms with E-state index < -0.39 is 5.60 Å². The lowest BCUT2D eigenvalue weighted by atomic mass is 10.0. The van der Waals surface area contributed by atoms with Gasteiger partial charge in [-0.25, -0.2) is 0 Å². The van der Waals surface area contributed by atoms with Gasteiger partial charge in [0.2, 0.25) is 0 Å². The number of aliphatic hydroxyl groups is 1. The van der Waals surface area contributed by atoms with Gasteiger partial charge in [0.05, 0.1) is 6.61 Å². The fraction of sp³-hybridized carbons (Fsp3) is 0.500. The van der Waals surface area contributed by atoms with Gasteiger partial charge in [0.25, 0.3) is 0 Å². The summed E-state index contributed by atoms with van der Waals surface area (Å²) < 4.78 is 6.43. The van der Waals surface area contributed by atoms with E-state index in [0.29, 0.717) is 19.8 Å². The monoisotopic (exact) mass is 333 g/mol. The summed E-state index contributed by atoms with van der Waals surface area (Å²) in [6.45, 7) is 2.51. The molecule has 2 N–H and O–H groups in total. The van der Waals surface area contributed by atoms with Crippen molar-refractivity contribution in [2.75, 3.05) is 19.8 Å². The van der Waals surface area contributed by atoms with Gasteiger partial charge in [-0.15, -0.1) is 0 Å². The van der Waals surface area contributed by atoms with Gasteiger partial charge in [0.15, 0.2) is 0 Å². The molecule has 1 heterocycles. The Hall–Kier alpha value is -0.170. The van der Waals surface area contributed by atoms with Crippen molar-refractivity contribution in [2.45, 2.75) is 18.6 Å². The van der Waals surface area contributed by atoms with Crippen LogP contribution in [0.5, 0.6) is 0 Å². The first kappa shape index (κ1) is 12.3. The van der Waals surface area contributed by atoms with E-state index in [1.54, 1.807) is 0 Å². The van der Waals surface area contributed by atoms with Crippen LogP contribution in [-0.2, 0) is 11.3 Å². The van der Waals surface area contributed by atoms with E-state index in [4.69, 9.17) is 4.74 Å². The topological polar surface area (TPSA) is 41.5 Å². The molecular formula is C12H16INO2. The molecule has 0 aliphatic carbocycles. The van der Waals surface area contributed by atoms with Crippen LogP contribution in [-0.4, -0.2) is 30.5 Å². The average Bonchev–Trinajstić information content (AvgIpc) is 2.69. The number of ether oxygens (including phenoxy) is 1. The molecule has 0 bridgehead atoms. The first-order valence-electron chi connectivity index (χ1n) is 5.43. The van der Waals surface area contributed by atoms with E-state index in [1.807, 2.05) is 0 Å². The van der Waals surface area contributed by atoms with Gasteiger partial charge in [-0.2, -0.15) is 0 Å². The van der Waals surface area contributed by atoms with Crippen molar-refractivity contribution in [1.29, 1.82) is 0 Å². The second-order valence-electron chi connectivity index (χ2n) is 4.26. The molecule has 1 unspecified atom stereocenters. The Labute approximate surface area is 109 Å². The summed E-state index contributed by atoms with van der Waals surface area (Å²) in [5, 5.41) is 13.3. The lowest BCUT2D eigenvalue weighted by Gasteiger charge is -2.20. The maximum absolute atomic E-state index is 10.0. The highest BCUT2D eigenvalue weighted by molar-refractivity contribution is 14.1. The van der Waals surface area contributed by atoms with E-state index in [1.165, 1.54) is 9.13 Å². The van der Waals surface area contributed by atoms with Gasteiger partial charge in [-0.05, 0) is 40.3 Å². The Morgan fingerprint density at radius 2 is 2.12 bits per heavy atom. The van der Waals surface area contributed by atoms with Crippen LogP contribution >= 0.6 is 22.6 Å². The maximum atomic E-state index is 10.0. The Morgan fingerprint density at radius 3 is 2.75 bits per heavy atom. The number of nitrogens with one attached hydrogen (secondary N) is 1. The molecule has 16 heavy (non-hydrogen) atoms. The third kappa shape index (κ3) is 3.41. The molecule has 1 aliphatic heterocycles. The predicted octanol–water partition coefficient (Wildman–Crippen LogP) is 1.53. The molecule has 1 saturated heterocycles. The standard InChI is InChI=1S/C12H16INO2/c13-11-3-1-10(2-4-11)7-14-8-12(15)5-6-16-9-12/h1-4,14-15H,5-9H2. The number of halogens is 1. The zero-order valence-electron chi connectivity index (χ0n) is 9.08. The van der Waals surface area contributed by atoms with Crippen molar-refractivity contribution in [3.8, 4) is 0 Å². The van der Waals surface area contributed by atoms with Crippen LogP contribution in [0.2, 0.25) is 0 Å². The third-order valence-corrected chi connectivity index (χ3v) is 3.50. The zero-order valence-corrected chi connectivity index (χ0v) is 11.2. The summed E-state index contributed by atoms with van der Waals surface area (Å²) in [6.07, 6.45) is 0.729. The molecule has 2 rings (SSSR count). The van der Waals surface area contributed by atoms with Crippen molar-refractivity contribution in [2.24, 2.45) is 0 Å². The van der Waals surface area contributed by atoms with Crippen LogP contribution < -0.4 is 5.32 Å². The molecule has 0 saturated carbocycles. The number of hydrogen-bond acceptors (Lipinski definition) is 3. The number of rotatable bonds is 4. The van der Waals surface area contributed by atoms with Crippen molar-refractivity contribution in [1.82, 2.24) is 5.32 Å². The normalized spacial score (nSPS) is 24.9. The Morgan fingerprint density at radius 1 is 1.38 bits per heavy atom. The lowest BCUT2D eigenvalue weighted by molar-refractivity contribution is 0.0268. The number of benzene rings is 1. The molecule has 0 radical (unpaired) electrons. The highest BCUT2D eigenvalue weighted by Gasteiger charge is 2.31. The van der Waals surface area contributed by atoms with Gasteiger partial charge in [-0.3, -0.25) is 0 Å². The molecule has 1 aromatic carbocycles. The van der Waals surface area contributed by atoms with Crippen molar-refractivity contribution >= 4 is 22.6 Å². The average molecular weight is 333 g/mol. The van der Waals surface area contributed by atoms with Crippen molar-refractivity contribution in [3.05, 3.63) is 33.4 Å². The highest BCUT2D eigenvalue weighted by atomic mass is 127. The summed E-state index contributed by atoms with van der Waals surface area (Å²) in [5.41, 5.74) is 0.575. The molecule has 0 spiro atoms. The molecule has 4 heteroatoms. The SMILES string of the molecule is OC1(CNCc2ccc(I)cc2)CCOC1. The van der Waals surface area contributed by atoms with Gasteiger partial charge >= 0.3 is 0 Å². The van der Waals surface area contributed by atoms with E-state index in [9.17, 15) is 5.11 Å². The minimum atomic E-state index is -0.663. The van der Waals surface area contributed by atoms with E-state index in [-0.39, 0.29) is 0 Å². The molecule has 1 atom stereocenters. The summed E-state index contributed by atoms with van der Waals surface area (Å²) in [5.74, 6) is 0. The van der Waals surface area contributed by atoms with Gasteiger partial charge in [0, 0.05) is 29.7 Å². The van der Waals surface area contributed by atoms with Crippen LogP contribution in [0.1, 0.15) is 12.0 Å². The summed E-state index contributed by atoms with van der Waals surface area (Å²) in [7, 11) is 0. The van der Waals surface area contributed by atoms with Gasteiger partial charge < -0.3 is 15.2 Å². The first-order valence-corrected chi connectivity index (χ1v) is 6.51. The van der Waals surface area contributed by atoms with Gasteiger partial charge in [0.1, 0.15) is 5.60 Å². The second kappa shape index (κ2) is 5.44. The third-order valence-electron chi connectivity index (χ3n) is 2.78.